The number of hydrogen-bond acceptors (Lipinski definition) is 6. The molecule has 2 aromatic carbocycles. The molecule has 2 fully saturated rings. The minimum Gasteiger partial charge on any atom is -0.493 e. The van der Waals surface area contributed by atoms with E-state index >= 15 is 0 Å². The molecule has 0 saturated carbocycles. The number of anilines is 2. The molecule has 34 heavy (non-hydrogen) atoms. The van der Waals surface area contributed by atoms with Crippen molar-refractivity contribution in [2.24, 2.45) is 0 Å². The molecule has 3 atom stereocenters. The van der Waals surface area contributed by atoms with Gasteiger partial charge in [0.15, 0.2) is 17.3 Å². The third kappa shape index (κ3) is 4.03. The second-order valence-electron chi connectivity index (χ2n) is 8.51. The molecule has 9 heteroatoms. The fourth-order valence-electron chi connectivity index (χ4n) is 5.01. The highest BCUT2D eigenvalue weighted by Gasteiger charge is 2.43. The van der Waals surface area contributed by atoms with Crippen LogP contribution in [0.15, 0.2) is 49.3 Å². The lowest BCUT2D eigenvalue weighted by Crippen LogP contribution is -2.48. The van der Waals surface area contributed by atoms with Gasteiger partial charge in [0, 0.05) is 36.4 Å². The number of hydrogen-bond donors (Lipinski definition) is 1. The van der Waals surface area contributed by atoms with Crippen molar-refractivity contribution in [2.75, 3.05) is 12.4 Å². The molecule has 1 amide bonds. The summed E-state index contributed by atoms with van der Waals surface area (Å²) < 4.78 is 26.5. The lowest BCUT2D eigenvalue weighted by Gasteiger charge is -2.38. The number of aromatic nitrogens is 2. The van der Waals surface area contributed by atoms with Crippen LogP contribution < -0.4 is 14.8 Å². The van der Waals surface area contributed by atoms with Gasteiger partial charge in [0.25, 0.3) is 0 Å². The van der Waals surface area contributed by atoms with Crippen LogP contribution in [0.4, 0.5) is 15.9 Å². The molecule has 176 valence electrons. The SMILES string of the molecule is C=CC(=O)N1[C@@H]2CC[C@H]1C[C@H](Oc1cc3c(Nc4cccc(Cl)c4F)ncnc3cc1OC)C2. The Kier molecular flexibility index (Phi) is 6.00. The summed E-state index contributed by atoms with van der Waals surface area (Å²) in [5.41, 5.74) is 0.831. The summed E-state index contributed by atoms with van der Waals surface area (Å²) in [6.07, 6.45) is 6.12. The van der Waals surface area contributed by atoms with Crippen LogP contribution in [-0.2, 0) is 4.79 Å². The summed E-state index contributed by atoms with van der Waals surface area (Å²) in [7, 11) is 1.57. The molecule has 0 unspecified atom stereocenters. The second kappa shape index (κ2) is 9.10. The summed E-state index contributed by atoms with van der Waals surface area (Å²) in [6, 6.07) is 8.60. The number of carbonyl (C=O) groups is 1. The van der Waals surface area contributed by atoms with Gasteiger partial charge in [0.2, 0.25) is 5.91 Å². The molecular formula is C25H24ClFN4O3. The Labute approximate surface area is 201 Å². The predicted octanol–water partition coefficient (Wildman–Crippen LogP) is 5.26. The first-order valence-corrected chi connectivity index (χ1v) is 11.5. The van der Waals surface area contributed by atoms with Gasteiger partial charge in [-0.25, -0.2) is 14.4 Å². The quantitative estimate of drug-likeness (QED) is 0.483. The van der Waals surface area contributed by atoms with E-state index in [-0.39, 0.29) is 34.8 Å². The molecule has 1 N–H and O–H groups in total. The van der Waals surface area contributed by atoms with Crippen LogP contribution >= 0.6 is 11.6 Å². The van der Waals surface area contributed by atoms with Gasteiger partial charge in [0.05, 0.1) is 23.3 Å². The fourth-order valence-corrected chi connectivity index (χ4v) is 5.19. The van der Waals surface area contributed by atoms with Crippen molar-refractivity contribution in [3.63, 3.8) is 0 Å². The van der Waals surface area contributed by atoms with Crippen LogP contribution in [-0.4, -0.2) is 46.1 Å². The summed E-state index contributed by atoms with van der Waals surface area (Å²) >= 11 is 5.92. The van der Waals surface area contributed by atoms with Gasteiger partial charge in [0.1, 0.15) is 18.2 Å². The summed E-state index contributed by atoms with van der Waals surface area (Å²) in [4.78, 5) is 22.8. The number of carbonyl (C=O) groups excluding carboxylic acids is 1. The third-order valence-electron chi connectivity index (χ3n) is 6.54. The molecule has 2 saturated heterocycles. The number of fused-ring (bicyclic) bond motifs is 3. The maximum atomic E-state index is 14.5. The minimum absolute atomic E-state index is 0.0182. The topological polar surface area (TPSA) is 76.6 Å². The number of piperidine rings is 1. The number of rotatable bonds is 6. The van der Waals surface area contributed by atoms with E-state index in [0.29, 0.717) is 28.2 Å². The zero-order valence-electron chi connectivity index (χ0n) is 18.6. The van der Waals surface area contributed by atoms with Gasteiger partial charge < -0.3 is 19.7 Å². The fraction of sp³-hybridized carbons (Fsp3) is 0.320. The van der Waals surface area contributed by atoms with Crippen LogP contribution in [0.5, 0.6) is 11.5 Å². The van der Waals surface area contributed by atoms with Gasteiger partial charge in [-0.3, -0.25) is 4.79 Å². The molecule has 0 radical (unpaired) electrons. The highest BCUT2D eigenvalue weighted by Crippen LogP contribution is 2.41. The summed E-state index contributed by atoms with van der Waals surface area (Å²) in [5, 5.41) is 3.68. The largest absolute Gasteiger partial charge is 0.493 e. The number of benzene rings is 2. The van der Waals surface area contributed by atoms with E-state index in [2.05, 4.69) is 21.9 Å². The number of nitrogens with zero attached hydrogens (tertiary/aromatic N) is 3. The van der Waals surface area contributed by atoms with E-state index in [1.54, 1.807) is 25.3 Å². The van der Waals surface area contributed by atoms with Crippen molar-refractivity contribution in [3.8, 4) is 11.5 Å². The molecule has 1 aromatic heterocycles. The number of halogens is 2. The van der Waals surface area contributed by atoms with Gasteiger partial charge in [-0.05, 0) is 37.1 Å². The molecule has 3 heterocycles. The van der Waals surface area contributed by atoms with Gasteiger partial charge in [-0.15, -0.1) is 0 Å². The maximum Gasteiger partial charge on any atom is 0.246 e. The number of amides is 1. The highest BCUT2D eigenvalue weighted by atomic mass is 35.5. The molecule has 7 nitrogen and oxygen atoms in total. The maximum absolute atomic E-state index is 14.5. The van der Waals surface area contributed by atoms with Crippen LogP contribution in [0.1, 0.15) is 25.7 Å². The van der Waals surface area contributed by atoms with Crippen LogP contribution in [0.3, 0.4) is 0 Å². The van der Waals surface area contributed by atoms with Crippen molar-refractivity contribution in [1.29, 1.82) is 0 Å². The van der Waals surface area contributed by atoms with Crippen molar-refractivity contribution < 1.29 is 18.7 Å². The van der Waals surface area contributed by atoms with Crippen molar-refractivity contribution >= 4 is 39.9 Å². The van der Waals surface area contributed by atoms with Crippen LogP contribution in [0.2, 0.25) is 5.02 Å². The van der Waals surface area contributed by atoms with Gasteiger partial charge >= 0.3 is 0 Å². The molecule has 5 rings (SSSR count). The predicted molar refractivity (Wildman–Crippen MR) is 128 cm³/mol. The smallest absolute Gasteiger partial charge is 0.246 e. The summed E-state index contributed by atoms with van der Waals surface area (Å²) in [5.74, 6) is 0.938. The number of ether oxygens (including phenoxy) is 2. The van der Waals surface area contributed by atoms with E-state index in [9.17, 15) is 9.18 Å². The molecule has 3 aromatic rings. The highest BCUT2D eigenvalue weighted by molar-refractivity contribution is 6.31. The second-order valence-corrected chi connectivity index (χ2v) is 8.92. The lowest BCUT2D eigenvalue weighted by atomic mass is 9.99. The van der Waals surface area contributed by atoms with Gasteiger partial charge in [-0.2, -0.15) is 0 Å². The Morgan fingerprint density at radius 1 is 1.24 bits per heavy atom. The Morgan fingerprint density at radius 2 is 2.00 bits per heavy atom. The minimum atomic E-state index is -0.558. The zero-order valence-corrected chi connectivity index (χ0v) is 19.4. The molecule has 0 aliphatic carbocycles. The lowest BCUT2D eigenvalue weighted by molar-refractivity contribution is -0.131. The first-order valence-electron chi connectivity index (χ1n) is 11.1. The molecule has 0 spiro atoms. The van der Waals surface area contributed by atoms with E-state index in [4.69, 9.17) is 21.1 Å². The Bertz CT molecular complexity index is 1260. The van der Waals surface area contributed by atoms with Crippen LogP contribution in [0, 0.1) is 5.82 Å². The van der Waals surface area contributed by atoms with E-state index in [0.717, 1.165) is 25.7 Å². The Morgan fingerprint density at radius 3 is 2.71 bits per heavy atom. The Hall–Kier alpha value is -3.39. The van der Waals surface area contributed by atoms with E-state index in [1.807, 2.05) is 11.0 Å². The molecule has 2 aliphatic rings. The van der Waals surface area contributed by atoms with Crippen LogP contribution in [0.25, 0.3) is 10.9 Å². The summed E-state index contributed by atoms with van der Waals surface area (Å²) in [6.45, 7) is 3.63. The van der Waals surface area contributed by atoms with Crippen molar-refractivity contribution in [1.82, 2.24) is 14.9 Å². The molecule has 2 bridgehead atoms. The third-order valence-corrected chi connectivity index (χ3v) is 6.83. The number of methoxy groups -OCH3 is 1. The average molecular weight is 483 g/mol. The normalized spacial score (nSPS) is 21.4. The monoisotopic (exact) mass is 482 g/mol. The number of nitrogens with one attached hydrogen (secondary N) is 1. The van der Waals surface area contributed by atoms with Gasteiger partial charge in [-0.1, -0.05) is 24.2 Å². The molecule has 2 aliphatic heterocycles. The van der Waals surface area contributed by atoms with Crippen molar-refractivity contribution in [3.05, 3.63) is 60.2 Å². The standard InChI is InChI=1S/C25H24ClFN4O3/c1-3-23(32)31-14-7-8-15(31)10-16(9-14)34-22-11-17-20(12-21(22)33-2)28-13-29-25(17)30-19-6-4-5-18(26)24(19)27/h3-6,11-16H,1,7-10H2,2H3,(H,28,29,30)/t14-,15+,16-. The average Bonchev–Trinajstić information content (AvgIpc) is 3.11. The zero-order chi connectivity index (χ0) is 23.8. The van der Waals surface area contributed by atoms with E-state index < -0.39 is 5.82 Å². The first kappa shape index (κ1) is 22.4. The first-order chi connectivity index (χ1) is 16.5. The van der Waals surface area contributed by atoms with Crippen molar-refractivity contribution in [2.45, 2.75) is 43.9 Å². The molecular weight excluding hydrogens is 459 g/mol. The van der Waals surface area contributed by atoms with E-state index in [1.165, 1.54) is 18.5 Å². The Balaban J connectivity index is 1.45.